The van der Waals surface area contributed by atoms with Crippen LogP contribution in [0.3, 0.4) is 0 Å². The summed E-state index contributed by atoms with van der Waals surface area (Å²) in [7, 11) is 0. The molecule has 1 fully saturated rings. The van der Waals surface area contributed by atoms with Crippen molar-refractivity contribution in [3.05, 3.63) is 62.9 Å². The highest BCUT2D eigenvalue weighted by Gasteiger charge is 2.25. The molecular weight excluding hydrogens is 467 g/mol. The number of halogens is 3. The molecule has 1 saturated heterocycles. The van der Waals surface area contributed by atoms with E-state index in [1.807, 2.05) is 18.2 Å². The van der Waals surface area contributed by atoms with Crippen LogP contribution in [0.5, 0.6) is 0 Å². The number of hydrogen-bond acceptors (Lipinski definition) is 5. The maximum absolute atomic E-state index is 12.5. The largest absolute Gasteiger partial charge is 0.444 e. The Morgan fingerprint density at radius 1 is 1.00 bits per heavy atom. The molecule has 2 aromatic heterocycles. The van der Waals surface area contributed by atoms with Gasteiger partial charge in [-0.25, -0.2) is 0 Å². The Morgan fingerprint density at radius 3 is 2.39 bits per heavy atom. The molecule has 0 unspecified atom stereocenters. The molecule has 0 bridgehead atoms. The maximum atomic E-state index is 12.5. The fourth-order valence-electron chi connectivity index (χ4n) is 3.06. The number of furan rings is 1. The Morgan fingerprint density at radius 2 is 1.79 bits per heavy atom. The second kappa shape index (κ2) is 8.11. The summed E-state index contributed by atoms with van der Waals surface area (Å²) in [4.78, 5) is 16.3. The van der Waals surface area contributed by atoms with Crippen molar-refractivity contribution < 1.29 is 9.21 Å². The monoisotopic (exact) mass is 480 g/mol. The quantitative estimate of drug-likeness (QED) is 0.539. The zero-order valence-electron chi connectivity index (χ0n) is 14.6. The Bertz CT molecular complexity index is 1000. The van der Waals surface area contributed by atoms with E-state index in [0.29, 0.717) is 52.3 Å². The fourth-order valence-corrected chi connectivity index (χ4v) is 3.87. The van der Waals surface area contributed by atoms with E-state index < -0.39 is 0 Å². The number of benzene rings is 1. The summed E-state index contributed by atoms with van der Waals surface area (Å²) < 4.78 is 5.90. The maximum Gasteiger partial charge on any atom is 0.289 e. The normalized spacial score (nSPS) is 14.4. The van der Waals surface area contributed by atoms with Gasteiger partial charge < -0.3 is 14.2 Å². The van der Waals surface area contributed by atoms with E-state index in [1.54, 1.807) is 29.2 Å². The Balaban J connectivity index is 1.41. The molecule has 4 rings (SSSR count). The van der Waals surface area contributed by atoms with Gasteiger partial charge in [0.1, 0.15) is 0 Å². The summed E-state index contributed by atoms with van der Waals surface area (Å²) >= 11 is 15.4. The van der Waals surface area contributed by atoms with E-state index >= 15 is 0 Å². The van der Waals surface area contributed by atoms with Crippen LogP contribution in [0, 0.1) is 0 Å². The Hall–Kier alpha value is -2.09. The van der Waals surface area contributed by atoms with Crippen molar-refractivity contribution in [3.8, 4) is 11.3 Å². The minimum Gasteiger partial charge on any atom is -0.444 e. The van der Waals surface area contributed by atoms with Gasteiger partial charge in [-0.05, 0) is 58.4 Å². The van der Waals surface area contributed by atoms with Crippen LogP contribution in [-0.2, 0) is 0 Å². The molecule has 3 heterocycles. The van der Waals surface area contributed by atoms with Crippen molar-refractivity contribution in [2.45, 2.75) is 0 Å². The lowest BCUT2D eigenvalue weighted by molar-refractivity contribution is 0.0713. The van der Waals surface area contributed by atoms with Crippen LogP contribution < -0.4 is 4.90 Å². The number of anilines is 1. The van der Waals surface area contributed by atoms with Gasteiger partial charge >= 0.3 is 0 Å². The molecule has 1 aromatic carbocycles. The molecule has 1 aliphatic rings. The lowest BCUT2D eigenvalue weighted by Gasteiger charge is -2.34. The summed E-state index contributed by atoms with van der Waals surface area (Å²) in [6.07, 6.45) is 0. The van der Waals surface area contributed by atoms with Gasteiger partial charge in [-0.2, -0.15) is 0 Å². The van der Waals surface area contributed by atoms with Crippen LogP contribution in [0.2, 0.25) is 10.0 Å². The predicted octanol–water partition coefficient (Wildman–Crippen LogP) is 4.77. The number of piperazine rings is 1. The highest BCUT2D eigenvalue weighted by molar-refractivity contribution is 9.10. The third-order valence-electron chi connectivity index (χ3n) is 4.53. The number of aromatic nitrogens is 2. The second-order valence-corrected chi connectivity index (χ2v) is 7.91. The van der Waals surface area contributed by atoms with E-state index in [2.05, 4.69) is 31.0 Å². The van der Waals surface area contributed by atoms with Crippen LogP contribution in [-0.4, -0.2) is 47.2 Å². The first-order valence-corrected chi connectivity index (χ1v) is 10.1. The fraction of sp³-hybridized carbons (Fsp3) is 0.211. The zero-order valence-corrected chi connectivity index (χ0v) is 17.7. The molecule has 0 aliphatic carbocycles. The summed E-state index contributed by atoms with van der Waals surface area (Å²) in [6, 6.07) is 12.5. The standard InChI is InChI=1S/C19H15BrCl2N4O2/c20-17-5-4-16(28-17)19(27)26-9-7-25(8-10-26)18-6-3-15(23-24-18)13-2-1-12(21)11-14(13)22/h1-6,11H,7-10H2. The van der Waals surface area contributed by atoms with Crippen LogP contribution in [0.4, 0.5) is 5.82 Å². The van der Waals surface area contributed by atoms with Gasteiger partial charge in [-0.15, -0.1) is 10.2 Å². The third-order valence-corrected chi connectivity index (χ3v) is 5.51. The van der Waals surface area contributed by atoms with Crippen LogP contribution in [0.25, 0.3) is 11.3 Å². The minimum atomic E-state index is -0.107. The lowest BCUT2D eigenvalue weighted by atomic mass is 10.1. The smallest absolute Gasteiger partial charge is 0.289 e. The Kier molecular flexibility index (Phi) is 5.57. The number of carbonyl (C=O) groups is 1. The van der Waals surface area contributed by atoms with Crippen molar-refractivity contribution in [2.24, 2.45) is 0 Å². The van der Waals surface area contributed by atoms with E-state index in [4.69, 9.17) is 27.6 Å². The first-order chi connectivity index (χ1) is 13.5. The number of hydrogen-bond donors (Lipinski definition) is 0. The predicted molar refractivity (Wildman–Crippen MR) is 112 cm³/mol. The van der Waals surface area contributed by atoms with Gasteiger partial charge in [0.2, 0.25) is 0 Å². The highest BCUT2D eigenvalue weighted by atomic mass is 79.9. The zero-order chi connectivity index (χ0) is 19.7. The first kappa shape index (κ1) is 19.2. The molecule has 9 heteroatoms. The van der Waals surface area contributed by atoms with Crippen LogP contribution in [0.1, 0.15) is 10.6 Å². The molecular formula is C19H15BrCl2N4O2. The lowest BCUT2D eigenvalue weighted by Crippen LogP contribution is -2.49. The topological polar surface area (TPSA) is 62.5 Å². The van der Waals surface area contributed by atoms with Crippen molar-refractivity contribution in [1.29, 1.82) is 0 Å². The first-order valence-electron chi connectivity index (χ1n) is 8.60. The summed E-state index contributed by atoms with van der Waals surface area (Å²) in [5.41, 5.74) is 1.47. The molecule has 0 saturated carbocycles. The van der Waals surface area contributed by atoms with Crippen molar-refractivity contribution in [1.82, 2.24) is 15.1 Å². The Labute approximate surface area is 180 Å². The SMILES string of the molecule is O=C(c1ccc(Br)o1)N1CCN(c2ccc(-c3ccc(Cl)cc3Cl)nn2)CC1. The van der Waals surface area contributed by atoms with Crippen molar-refractivity contribution in [3.63, 3.8) is 0 Å². The summed E-state index contributed by atoms with van der Waals surface area (Å²) in [5, 5.41) is 9.74. The van der Waals surface area contributed by atoms with Crippen LogP contribution in [0.15, 0.2) is 51.6 Å². The summed E-state index contributed by atoms with van der Waals surface area (Å²) in [5.74, 6) is 0.996. The van der Waals surface area contributed by atoms with Gasteiger partial charge in [-0.3, -0.25) is 4.79 Å². The van der Waals surface area contributed by atoms with Gasteiger partial charge in [-0.1, -0.05) is 23.2 Å². The van der Waals surface area contributed by atoms with Crippen LogP contribution >= 0.6 is 39.1 Å². The van der Waals surface area contributed by atoms with Gasteiger partial charge in [0, 0.05) is 36.8 Å². The second-order valence-electron chi connectivity index (χ2n) is 6.28. The number of rotatable bonds is 3. The van der Waals surface area contributed by atoms with Gasteiger partial charge in [0.25, 0.3) is 5.91 Å². The molecule has 28 heavy (non-hydrogen) atoms. The number of nitrogens with zero attached hydrogens (tertiary/aromatic N) is 4. The number of carbonyl (C=O) groups excluding carboxylic acids is 1. The van der Waals surface area contributed by atoms with Gasteiger partial charge in [0.15, 0.2) is 16.2 Å². The van der Waals surface area contributed by atoms with Crippen molar-refractivity contribution in [2.75, 3.05) is 31.1 Å². The summed E-state index contributed by atoms with van der Waals surface area (Å²) in [6.45, 7) is 2.51. The van der Waals surface area contributed by atoms with E-state index in [-0.39, 0.29) is 5.91 Å². The molecule has 3 aromatic rings. The highest BCUT2D eigenvalue weighted by Crippen LogP contribution is 2.29. The van der Waals surface area contributed by atoms with E-state index in [1.165, 1.54) is 0 Å². The molecule has 1 amide bonds. The minimum absolute atomic E-state index is 0.107. The van der Waals surface area contributed by atoms with E-state index in [0.717, 1.165) is 11.4 Å². The van der Waals surface area contributed by atoms with E-state index in [9.17, 15) is 4.79 Å². The average Bonchev–Trinajstić information content (AvgIpc) is 3.14. The third kappa shape index (κ3) is 4.01. The molecule has 0 spiro atoms. The van der Waals surface area contributed by atoms with Gasteiger partial charge in [0.05, 0.1) is 10.7 Å². The number of amides is 1. The molecule has 0 atom stereocenters. The average molecular weight is 482 g/mol. The van der Waals surface area contributed by atoms with Crippen molar-refractivity contribution >= 4 is 50.9 Å². The molecule has 1 aliphatic heterocycles. The molecule has 144 valence electrons. The molecule has 0 N–H and O–H groups in total. The molecule has 0 radical (unpaired) electrons. The molecule has 6 nitrogen and oxygen atoms in total.